The van der Waals surface area contributed by atoms with Crippen LogP contribution in [0.4, 0.5) is 0 Å². The molecule has 0 saturated heterocycles. The van der Waals surface area contributed by atoms with Crippen molar-refractivity contribution in [3.05, 3.63) is 257 Å². The first-order valence-electron chi connectivity index (χ1n) is 20.6. The Balaban J connectivity index is 1.16. The van der Waals surface area contributed by atoms with Crippen LogP contribution in [-0.2, 0) is 5.41 Å². The van der Waals surface area contributed by atoms with E-state index in [-0.39, 0.29) is 11.6 Å². The number of ketones is 2. The highest BCUT2D eigenvalue weighted by atomic mass is 16.1. The Morgan fingerprint density at radius 2 is 1.00 bits per heavy atom. The van der Waals surface area contributed by atoms with Crippen molar-refractivity contribution in [3.63, 3.8) is 0 Å². The van der Waals surface area contributed by atoms with Crippen LogP contribution in [-0.4, -0.2) is 16.1 Å². The van der Waals surface area contributed by atoms with E-state index in [2.05, 4.69) is 120 Å². The number of hydrogen-bond donors (Lipinski definition) is 0. The topological polar surface area (TPSA) is 39.1 Å². The minimum absolute atomic E-state index is 0.0438. The van der Waals surface area contributed by atoms with Crippen LogP contribution in [0, 0.1) is 0 Å². The van der Waals surface area contributed by atoms with Gasteiger partial charge in [0.05, 0.1) is 22.1 Å². The van der Waals surface area contributed by atoms with Gasteiger partial charge in [-0.25, -0.2) is 0 Å². The number of aromatic nitrogens is 1. The second-order valence-corrected chi connectivity index (χ2v) is 15.8. The smallest absolute Gasteiger partial charge is 0.193 e. The van der Waals surface area contributed by atoms with Crippen molar-refractivity contribution in [1.29, 1.82) is 0 Å². The standard InChI is InChI=1S/C57H39NO2/c59-55(42-29-25-40(26-30-42)38-15-5-1-6-16-38)44-33-34-52-48(35-44)49-36-45(56(60)43-31-27-41(28-32-43)39-17-7-2-8-18-39)37-51-54(49)58(52)53-24-14-13-23-50(53)57(51,46-19-9-3-10-20-46)47-21-11-4-12-22-47/h1-11,13-21,23-37H,12,22H2. The van der Waals surface area contributed by atoms with Crippen LogP contribution in [0.3, 0.4) is 0 Å². The fourth-order valence-electron chi connectivity index (χ4n) is 9.76. The van der Waals surface area contributed by atoms with Crippen molar-refractivity contribution in [2.75, 3.05) is 0 Å². The van der Waals surface area contributed by atoms with Crippen molar-refractivity contribution in [2.45, 2.75) is 18.3 Å². The van der Waals surface area contributed by atoms with Crippen LogP contribution < -0.4 is 0 Å². The van der Waals surface area contributed by atoms with Gasteiger partial charge in [-0.1, -0.05) is 182 Å². The lowest BCUT2D eigenvalue weighted by Gasteiger charge is -2.43. The number of rotatable bonds is 8. The molecule has 9 aromatic rings. The molecule has 0 amide bonds. The molecular weight excluding hydrogens is 731 g/mol. The number of carbonyl (C=O) groups excluding carboxylic acids is 2. The molecule has 1 unspecified atom stereocenters. The molecule has 11 rings (SSSR count). The summed E-state index contributed by atoms with van der Waals surface area (Å²) in [6.45, 7) is 0. The third-order valence-corrected chi connectivity index (χ3v) is 12.5. The number of para-hydroxylation sites is 1. The summed E-state index contributed by atoms with van der Waals surface area (Å²) in [5.41, 5.74) is 13.9. The van der Waals surface area contributed by atoms with E-state index in [1.165, 1.54) is 11.1 Å². The van der Waals surface area contributed by atoms with E-state index in [9.17, 15) is 9.59 Å². The molecule has 0 radical (unpaired) electrons. The van der Waals surface area contributed by atoms with Crippen molar-refractivity contribution >= 4 is 33.4 Å². The van der Waals surface area contributed by atoms with E-state index in [4.69, 9.17) is 0 Å². The molecule has 1 aliphatic carbocycles. The Hall–Kier alpha value is -7.62. The summed E-state index contributed by atoms with van der Waals surface area (Å²) in [7, 11) is 0. The molecule has 0 fully saturated rings. The second kappa shape index (κ2) is 14.3. The molecule has 2 heterocycles. The highest BCUT2D eigenvalue weighted by Crippen LogP contribution is 2.56. The van der Waals surface area contributed by atoms with E-state index in [0.717, 1.165) is 73.7 Å². The Labute approximate surface area is 349 Å². The van der Waals surface area contributed by atoms with Crippen molar-refractivity contribution in [2.24, 2.45) is 0 Å². The van der Waals surface area contributed by atoms with Gasteiger partial charge < -0.3 is 4.57 Å². The number of nitrogens with zero attached hydrogens (tertiary/aromatic N) is 1. The average Bonchev–Trinajstić information content (AvgIpc) is 3.66. The molecule has 0 bridgehead atoms. The maximum atomic E-state index is 14.9. The molecule has 2 aliphatic rings. The van der Waals surface area contributed by atoms with Crippen molar-refractivity contribution < 1.29 is 9.59 Å². The molecule has 284 valence electrons. The molecule has 0 saturated carbocycles. The molecule has 0 N–H and O–H groups in total. The number of carbonyl (C=O) groups is 2. The van der Waals surface area contributed by atoms with Crippen molar-refractivity contribution in [1.82, 2.24) is 4.57 Å². The third kappa shape index (κ3) is 5.58. The summed E-state index contributed by atoms with van der Waals surface area (Å²) >= 11 is 0. The first-order chi connectivity index (χ1) is 29.6. The molecule has 60 heavy (non-hydrogen) atoms. The molecule has 8 aromatic carbocycles. The van der Waals surface area contributed by atoms with Gasteiger partial charge in [0.2, 0.25) is 0 Å². The van der Waals surface area contributed by atoms with Crippen molar-refractivity contribution in [3.8, 4) is 27.9 Å². The van der Waals surface area contributed by atoms with E-state index in [1.807, 2.05) is 97.1 Å². The van der Waals surface area contributed by atoms with E-state index >= 15 is 0 Å². The lowest BCUT2D eigenvalue weighted by atomic mass is 9.61. The van der Waals surface area contributed by atoms with Gasteiger partial charge >= 0.3 is 0 Å². The number of allylic oxidation sites excluding steroid dienone is 4. The predicted octanol–water partition coefficient (Wildman–Crippen LogP) is 13.5. The molecule has 3 nitrogen and oxygen atoms in total. The molecule has 1 aliphatic heterocycles. The van der Waals surface area contributed by atoms with E-state index < -0.39 is 5.41 Å². The highest BCUT2D eigenvalue weighted by Gasteiger charge is 2.46. The Kier molecular flexibility index (Phi) is 8.49. The largest absolute Gasteiger partial charge is 0.309 e. The number of hydrogen-bond acceptors (Lipinski definition) is 2. The Bertz CT molecular complexity index is 3190. The quantitative estimate of drug-likeness (QED) is 0.144. The summed E-state index contributed by atoms with van der Waals surface area (Å²) in [6.07, 6.45) is 8.51. The van der Waals surface area contributed by atoms with Crippen LogP contribution in [0.25, 0.3) is 49.7 Å². The highest BCUT2D eigenvalue weighted by molar-refractivity contribution is 6.19. The maximum absolute atomic E-state index is 14.9. The summed E-state index contributed by atoms with van der Waals surface area (Å²) in [4.78, 5) is 29.3. The monoisotopic (exact) mass is 769 g/mol. The molecule has 1 aromatic heterocycles. The van der Waals surface area contributed by atoms with Crippen LogP contribution in [0.5, 0.6) is 0 Å². The minimum atomic E-state index is -0.683. The first kappa shape index (κ1) is 35.5. The molecule has 0 spiro atoms. The van der Waals surface area contributed by atoms with Gasteiger partial charge in [0.25, 0.3) is 0 Å². The van der Waals surface area contributed by atoms with Gasteiger partial charge in [0, 0.05) is 33.0 Å². The third-order valence-electron chi connectivity index (χ3n) is 12.5. The molecular formula is C57H39NO2. The number of benzene rings is 8. The fraction of sp³-hybridized carbons (Fsp3) is 0.0526. The van der Waals surface area contributed by atoms with Gasteiger partial charge in [-0.3, -0.25) is 9.59 Å². The molecule has 3 heteroatoms. The second-order valence-electron chi connectivity index (χ2n) is 15.8. The zero-order valence-corrected chi connectivity index (χ0v) is 32.9. The average molecular weight is 770 g/mol. The van der Waals surface area contributed by atoms with Gasteiger partial charge in [-0.05, 0) is 88.2 Å². The lowest BCUT2D eigenvalue weighted by molar-refractivity contribution is 0.103. The summed E-state index contributed by atoms with van der Waals surface area (Å²) in [6, 6.07) is 66.0. The SMILES string of the molecule is O=C(c1ccc(-c2ccccc2)cc1)c1ccc2c(c1)c1cc(C(=O)c3ccc(-c4ccccc4)cc3)cc3c1n2-c1ccccc1C3(C1=CC=CCC1)c1ccccc1. The van der Waals surface area contributed by atoms with Crippen LogP contribution in [0.15, 0.2) is 218 Å². The summed E-state index contributed by atoms with van der Waals surface area (Å²) in [5.74, 6) is -0.0887. The van der Waals surface area contributed by atoms with Gasteiger partial charge in [-0.15, -0.1) is 0 Å². The van der Waals surface area contributed by atoms with Gasteiger partial charge in [0.1, 0.15) is 0 Å². The zero-order valence-electron chi connectivity index (χ0n) is 32.9. The zero-order chi connectivity index (χ0) is 40.2. The Morgan fingerprint density at radius 3 is 1.62 bits per heavy atom. The minimum Gasteiger partial charge on any atom is -0.309 e. The van der Waals surface area contributed by atoms with E-state index in [1.54, 1.807) is 0 Å². The summed E-state index contributed by atoms with van der Waals surface area (Å²) < 4.78 is 2.36. The predicted molar refractivity (Wildman–Crippen MR) is 244 cm³/mol. The van der Waals surface area contributed by atoms with Crippen LogP contribution in [0.2, 0.25) is 0 Å². The fourth-order valence-corrected chi connectivity index (χ4v) is 9.76. The Morgan fingerprint density at radius 1 is 0.467 bits per heavy atom. The number of fused-ring (bicyclic) bond motifs is 5. The van der Waals surface area contributed by atoms with Crippen LogP contribution in [0.1, 0.15) is 61.4 Å². The normalized spacial score (nSPS) is 15.4. The maximum Gasteiger partial charge on any atom is 0.193 e. The van der Waals surface area contributed by atoms with E-state index in [0.29, 0.717) is 22.3 Å². The first-order valence-corrected chi connectivity index (χ1v) is 20.6. The summed E-state index contributed by atoms with van der Waals surface area (Å²) in [5, 5.41) is 1.88. The van der Waals surface area contributed by atoms with Crippen LogP contribution >= 0.6 is 0 Å². The molecule has 1 atom stereocenters. The lowest BCUT2D eigenvalue weighted by Crippen LogP contribution is -2.36. The van der Waals surface area contributed by atoms with Gasteiger partial charge in [-0.2, -0.15) is 0 Å². The van der Waals surface area contributed by atoms with Gasteiger partial charge in [0.15, 0.2) is 11.6 Å².